The Hall–Kier alpha value is -1.52. The van der Waals surface area contributed by atoms with Crippen LogP contribution in [0.5, 0.6) is 5.75 Å². The number of aliphatic hydroxyl groups excluding tert-OH is 1. The van der Waals surface area contributed by atoms with Crippen molar-refractivity contribution < 1.29 is 28.9 Å². The SMILES string of the molecule is CC(C)(C)OC(=O)N1CCC(NC(=O)CC(CCO)c2c(OCOCC[Si](C)(C)C)ccc(Cl)c2Cl)C1. The van der Waals surface area contributed by atoms with Gasteiger partial charge in [-0.3, -0.25) is 4.79 Å². The van der Waals surface area contributed by atoms with Crippen LogP contribution >= 0.6 is 23.2 Å². The van der Waals surface area contributed by atoms with E-state index in [2.05, 4.69) is 25.0 Å². The van der Waals surface area contributed by atoms with E-state index in [0.29, 0.717) is 53.9 Å². The molecule has 0 aromatic heterocycles. The van der Waals surface area contributed by atoms with Crippen molar-refractivity contribution in [1.29, 1.82) is 0 Å². The summed E-state index contributed by atoms with van der Waals surface area (Å²) in [5.41, 5.74) is -0.000332. The van der Waals surface area contributed by atoms with Crippen molar-refractivity contribution in [2.45, 2.75) is 83.3 Å². The van der Waals surface area contributed by atoms with Gasteiger partial charge in [-0.05, 0) is 57.7 Å². The molecule has 0 bridgehead atoms. The van der Waals surface area contributed by atoms with E-state index in [1.807, 2.05) is 20.8 Å². The number of likely N-dealkylation sites (tertiary alicyclic amines) is 1. The largest absolute Gasteiger partial charge is 0.467 e. The van der Waals surface area contributed by atoms with Crippen molar-refractivity contribution in [2.75, 3.05) is 33.1 Å². The third kappa shape index (κ3) is 11.0. The lowest BCUT2D eigenvalue weighted by Gasteiger charge is -2.25. The van der Waals surface area contributed by atoms with Gasteiger partial charge < -0.3 is 29.5 Å². The summed E-state index contributed by atoms with van der Waals surface area (Å²) >= 11 is 12.9. The molecule has 210 valence electrons. The topological polar surface area (TPSA) is 97.3 Å². The molecule has 37 heavy (non-hydrogen) atoms. The Morgan fingerprint density at radius 2 is 1.95 bits per heavy atom. The normalized spacial score (nSPS) is 17.0. The Balaban J connectivity index is 2.03. The van der Waals surface area contributed by atoms with E-state index in [-0.39, 0.29) is 37.9 Å². The fourth-order valence-electron chi connectivity index (χ4n) is 3.98. The molecule has 2 amide bonds. The van der Waals surface area contributed by atoms with Gasteiger partial charge in [0.25, 0.3) is 0 Å². The Kier molecular flexibility index (Phi) is 12.0. The molecule has 2 rings (SSSR count). The smallest absolute Gasteiger partial charge is 0.410 e. The van der Waals surface area contributed by atoms with Crippen LogP contribution in [0.15, 0.2) is 12.1 Å². The molecule has 2 unspecified atom stereocenters. The number of rotatable bonds is 12. The van der Waals surface area contributed by atoms with Gasteiger partial charge in [0, 0.05) is 52.4 Å². The lowest BCUT2D eigenvalue weighted by atomic mass is 9.91. The Bertz CT molecular complexity index is 920. The first-order valence-electron chi connectivity index (χ1n) is 12.8. The quantitative estimate of drug-likeness (QED) is 0.189. The standard InChI is InChI=1S/C26H42Cl2N2O6Si/c1-26(2,3)36-25(33)30-11-9-19(16-30)29-22(32)15-18(10-12-31)23-21(8-7-20(27)24(23)28)35-17-34-13-14-37(4,5)6/h7-8,18-19,31H,9-17H2,1-6H3,(H,29,32). The predicted octanol–water partition coefficient (Wildman–Crippen LogP) is 5.67. The summed E-state index contributed by atoms with van der Waals surface area (Å²) in [5.74, 6) is -0.148. The minimum atomic E-state index is -1.22. The predicted molar refractivity (Wildman–Crippen MR) is 149 cm³/mol. The monoisotopic (exact) mass is 576 g/mol. The number of hydrogen-bond acceptors (Lipinski definition) is 6. The van der Waals surface area contributed by atoms with Crippen LogP contribution in [0.25, 0.3) is 0 Å². The molecule has 1 fully saturated rings. The van der Waals surface area contributed by atoms with E-state index in [4.69, 9.17) is 37.4 Å². The first-order valence-corrected chi connectivity index (χ1v) is 17.2. The Labute approximate surface area is 231 Å². The second kappa shape index (κ2) is 14.0. The van der Waals surface area contributed by atoms with Gasteiger partial charge in [-0.15, -0.1) is 0 Å². The highest BCUT2D eigenvalue weighted by atomic mass is 35.5. The van der Waals surface area contributed by atoms with Crippen LogP contribution in [0.3, 0.4) is 0 Å². The molecular weight excluding hydrogens is 535 g/mol. The summed E-state index contributed by atoms with van der Waals surface area (Å²) in [6.45, 7) is 13.7. The highest BCUT2D eigenvalue weighted by Gasteiger charge is 2.31. The lowest BCUT2D eigenvalue weighted by Crippen LogP contribution is -2.40. The van der Waals surface area contributed by atoms with E-state index in [1.54, 1.807) is 17.0 Å². The van der Waals surface area contributed by atoms with Gasteiger partial charge in [0.2, 0.25) is 5.91 Å². The number of nitrogens with one attached hydrogen (secondary N) is 1. The molecule has 1 aliphatic heterocycles. The molecular formula is C26H42Cl2N2O6Si. The van der Waals surface area contributed by atoms with Gasteiger partial charge >= 0.3 is 6.09 Å². The van der Waals surface area contributed by atoms with E-state index in [0.717, 1.165) is 6.04 Å². The average Bonchev–Trinajstić information content (AvgIpc) is 3.22. The zero-order valence-electron chi connectivity index (χ0n) is 22.9. The molecule has 2 atom stereocenters. The summed E-state index contributed by atoms with van der Waals surface area (Å²) < 4.78 is 17.0. The van der Waals surface area contributed by atoms with Crippen LogP contribution in [0.4, 0.5) is 4.79 Å². The number of carbonyl (C=O) groups is 2. The Morgan fingerprint density at radius 3 is 2.57 bits per heavy atom. The number of amides is 2. The maximum atomic E-state index is 13.0. The second-order valence-electron chi connectivity index (χ2n) is 11.6. The van der Waals surface area contributed by atoms with Crippen LogP contribution in [-0.2, 0) is 14.3 Å². The highest BCUT2D eigenvalue weighted by Crippen LogP contribution is 2.41. The maximum Gasteiger partial charge on any atom is 0.410 e. The number of benzene rings is 1. The molecule has 0 radical (unpaired) electrons. The maximum absolute atomic E-state index is 13.0. The summed E-state index contributed by atoms with van der Waals surface area (Å²) in [6, 6.07) is 4.19. The fraction of sp³-hybridized carbons (Fsp3) is 0.692. The lowest BCUT2D eigenvalue weighted by molar-refractivity contribution is -0.122. The number of nitrogens with zero attached hydrogens (tertiary/aromatic N) is 1. The van der Waals surface area contributed by atoms with E-state index in [1.165, 1.54) is 0 Å². The minimum Gasteiger partial charge on any atom is -0.467 e. The van der Waals surface area contributed by atoms with Gasteiger partial charge in [0.15, 0.2) is 6.79 Å². The van der Waals surface area contributed by atoms with Crippen molar-refractivity contribution in [3.63, 3.8) is 0 Å². The highest BCUT2D eigenvalue weighted by molar-refractivity contribution is 6.76. The number of carbonyl (C=O) groups excluding carboxylic acids is 2. The molecule has 1 aliphatic rings. The van der Waals surface area contributed by atoms with Gasteiger partial charge in [-0.25, -0.2) is 4.79 Å². The van der Waals surface area contributed by atoms with E-state index >= 15 is 0 Å². The van der Waals surface area contributed by atoms with Crippen molar-refractivity contribution in [1.82, 2.24) is 10.2 Å². The van der Waals surface area contributed by atoms with Crippen LogP contribution in [0.1, 0.15) is 51.5 Å². The number of hydrogen-bond donors (Lipinski definition) is 2. The zero-order valence-corrected chi connectivity index (χ0v) is 25.4. The number of aliphatic hydroxyl groups is 1. The molecule has 1 heterocycles. The van der Waals surface area contributed by atoms with Crippen molar-refractivity contribution in [3.05, 3.63) is 27.7 Å². The molecule has 1 aromatic rings. The molecule has 1 saturated heterocycles. The summed E-state index contributed by atoms with van der Waals surface area (Å²) in [7, 11) is -1.22. The van der Waals surface area contributed by atoms with Crippen molar-refractivity contribution in [2.24, 2.45) is 0 Å². The second-order valence-corrected chi connectivity index (χ2v) is 18.1. The molecule has 0 saturated carbocycles. The van der Waals surface area contributed by atoms with Crippen molar-refractivity contribution >= 4 is 43.3 Å². The fourth-order valence-corrected chi connectivity index (χ4v) is 5.21. The summed E-state index contributed by atoms with van der Waals surface area (Å²) in [6.07, 6.45) is 0.629. The molecule has 11 heteroatoms. The third-order valence-electron chi connectivity index (χ3n) is 5.91. The molecule has 2 N–H and O–H groups in total. The Morgan fingerprint density at radius 1 is 1.24 bits per heavy atom. The van der Waals surface area contributed by atoms with E-state index in [9.17, 15) is 14.7 Å². The molecule has 0 aliphatic carbocycles. The van der Waals surface area contributed by atoms with Crippen LogP contribution < -0.4 is 10.1 Å². The first-order chi connectivity index (χ1) is 17.2. The first kappa shape index (κ1) is 31.7. The van der Waals surface area contributed by atoms with Crippen LogP contribution in [0, 0.1) is 0 Å². The van der Waals surface area contributed by atoms with Crippen molar-refractivity contribution in [3.8, 4) is 5.75 Å². The van der Waals surface area contributed by atoms with Gasteiger partial charge in [-0.1, -0.05) is 42.8 Å². The molecule has 8 nitrogen and oxygen atoms in total. The minimum absolute atomic E-state index is 0.0516. The van der Waals surface area contributed by atoms with Gasteiger partial charge in [-0.2, -0.15) is 0 Å². The van der Waals surface area contributed by atoms with Gasteiger partial charge in [0.05, 0.1) is 10.0 Å². The van der Waals surface area contributed by atoms with E-state index < -0.39 is 19.6 Å². The van der Waals surface area contributed by atoms with Crippen LogP contribution in [-0.4, -0.2) is 74.8 Å². The number of ether oxygens (including phenoxy) is 3. The van der Waals surface area contributed by atoms with Crippen LogP contribution in [0.2, 0.25) is 35.7 Å². The third-order valence-corrected chi connectivity index (χ3v) is 8.43. The average molecular weight is 578 g/mol. The zero-order chi connectivity index (χ0) is 27.8. The number of halogens is 2. The van der Waals surface area contributed by atoms with Gasteiger partial charge in [0.1, 0.15) is 11.4 Å². The summed E-state index contributed by atoms with van der Waals surface area (Å²) in [4.78, 5) is 26.9. The molecule has 1 aromatic carbocycles. The molecule has 0 spiro atoms. The summed E-state index contributed by atoms with van der Waals surface area (Å²) in [5, 5.41) is 13.4.